The lowest BCUT2D eigenvalue weighted by molar-refractivity contribution is -0.139. The molecule has 1 saturated carbocycles. The molecular formula is C15H27NO3. The molecule has 1 spiro atoms. The number of nitrogens with zero attached hydrogens (tertiary/aromatic N) is 1. The summed E-state index contributed by atoms with van der Waals surface area (Å²) in [5, 5.41) is 9.32. The standard InChI is InChI=1S/C15H27NO3/c1-12-11-18-14(10-17)9-16(12)13-4-7-19-15(8-13)5-2-3-6-15/h12-14,17H,2-11H2,1H3. The summed E-state index contributed by atoms with van der Waals surface area (Å²) in [7, 11) is 0. The minimum Gasteiger partial charge on any atom is -0.394 e. The second kappa shape index (κ2) is 5.68. The second-order valence-corrected chi connectivity index (χ2v) is 6.57. The van der Waals surface area contributed by atoms with E-state index in [-0.39, 0.29) is 18.3 Å². The predicted molar refractivity (Wildman–Crippen MR) is 73.2 cm³/mol. The molecule has 110 valence electrons. The van der Waals surface area contributed by atoms with Crippen LogP contribution in [0, 0.1) is 0 Å². The van der Waals surface area contributed by atoms with Gasteiger partial charge in [-0.25, -0.2) is 0 Å². The third-order valence-corrected chi connectivity index (χ3v) is 5.21. The number of rotatable bonds is 2. The fraction of sp³-hybridized carbons (Fsp3) is 1.00. The maximum Gasteiger partial charge on any atom is 0.0933 e. The first-order chi connectivity index (χ1) is 9.22. The van der Waals surface area contributed by atoms with Gasteiger partial charge in [-0.2, -0.15) is 0 Å². The van der Waals surface area contributed by atoms with Gasteiger partial charge < -0.3 is 14.6 Å². The van der Waals surface area contributed by atoms with Gasteiger partial charge in [0.25, 0.3) is 0 Å². The summed E-state index contributed by atoms with van der Waals surface area (Å²) < 4.78 is 11.8. The van der Waals surface area contributed by atoms with Gasteiger partial charge in [-0.05, 0) is 32.6 Å². The average Bonchev–Trinajstić information content (AvgIpc) is 2.87. The highest BCUT2D eigenvalue weighted by Gasteiger charge is 2.43. The highest BCUT2D eigenvalue weighted by atomic mass is 16.5. The van der Waals surface area contributed by atoms with Crippen molar-refractivity contribution >= 4 is 0 Å². The van der Waals surface area contributed by atoms with Crippen molar-refractivity contribution in [2.24, 2.45) is 0 Å². The van der Waals surface area contributed by atoms with E-state index < -0.39 is 0 Å². The summed E-state index contributed by atoms with van der Waals surface area (Å²) in [6.45, 7) is 4.90. The number of aliphatic hydroxyl groups is 1. The maximum absolute atomic E-state index is 9.32. The van der Waals surface area contributed by atoms with Crippen molar-refractivity contribution in [2.75, 3.05) is 26.4 Å². The van der Waals surface area contributed by atoms with Gasteiger partial charge in [0.15, 0.2) is 0 Å². The molecule has 3 unspecified atom stereocenters. The molecule has 4 heteroatoms. The van der Waals surface area contributed by atoms with Crippen LogP contribution < -0.4 is 0 Å². The van der Waals surface area contributed by atoms with Gasteiger partial charge in [0, 0.05) is 25.2 Å². The molecular weight excluding hydrogens is 242 g/mol. The molecule has 0 amide bonds. The smallest absolute Gasteiger partial charge is 0.0933 e. The first kappa shape index (κ1) is 13.8. The van der Waals surface area contributed by atoms with Crippen LogP contribution >= 0.6 is 0 Å². The molecule has 2 heterocycles. The van der Waals surface area contributed by atoms with Gasteiger partial charge in [0.05, 0.1) is 24.9 Å². The number of aliphatic hydroxyl groups excluding tert-OH is 1. The molecule has 3 aliphatic rings. The Morgan fingerprint density at radius 3 is 2.84 bits per heavy atom. The number of morpholine rings is 1. The Labute approximate surface area is 116 Å². The van der Waals surface area contributed by atoms with E-state index in [0.29, 0.717) is 12.1 Å². The normalized spacial score (nSPS) is 39.8. The highest BCUT2D eigenvalue weighted by molar-refractivity contribution is 4.96. The van der Waals surface area contributed by atoms with Crippen molar-refractivity contribution in [1.29, 1.82) is 0 Å². The first-order valence-electron chi connectivity index (χ1n) is 7.85. The Morgan fingerprint density at radius 2 is 2.11 bits per heavy atom. The molecule has 0 bridgehead atoms. The monoisotopic (exact) mass is 269 g/mol. The van der Waals surface area contributed by atoms with Gasteiger partial charge >= 0.3 is 0 Å². The lowest BCUT2D eigenvalue weighted by atomic mass is 9.87. The van der Waals surface area contributed by atoms with Crippen molar-refractivity contribution in [1.82, 2.24) is 4.90 Å². The predicted octanol–water partition coefficient (Wildman–Crippen LogP) is 1.56. The summed E-state index contributed by atoms with van der Waals surface area (Å²) in [5.74, 6) is 0. The summed E-state index contributed by atoms with van der Waals surface area (Å²) >= 11 is 0. The molecule has 0 aromatic heterocycles. The molecule has 0 radical (unpaired) electrons. The van der Waals surface area contributed by atoms with Crippen LogP contribution in [0.2, 0.25) is 0 Å². The average molecular weight is 269 g/mol. The van der Waals surface area contributed by atoms with E-state index in [4.69, 9.17) is 9.47 Å². The molecule has 4 nitrogen and oxygen atoms in total. The Bertz CT molecular complexity index is 304. The molecule has 0 aromatic carbocycles. The van der Waals surface area contributed by atoms with E-state index >= 15 is 0 Å². The molecule has 0 aromatic rings. The van der Waals surface area contributed by atoms with Gasteiger partial charge in [-0.15, -0.1) is 0 Å². The van der Waals surface area contributed by atoms with Crippen molar-refractivity contribution < 1.29 is 14.6 Å². The van der Waals surface area contributed by atoms with Crippen LogP contribution in [0.1, 0.15) is 45.4 Å². The maximum atomic E-state index is 9.32. The lowest BCUT2D eigenvalue weighted by Gasteiger charge is -2.47. The lowest BCUT2D eigenvalue weighted by Crippen LogP contribution is -2.57. The van der Waals surface area contributed by atoms with Crippen LogP contribution in [-0.2, 0) is 9.47 Å². The Hall–Kier alpha value is -0.160. The Balaban J connectivity index is 1.66. The largest absolute Gasteiger partial charge is 0.394 e. The molecule has 2 saturated heterocycles. The summed E-state index contributed by atoms with van der Waals surface area (Å²) in [6, 6.07) is 1.07. The third-order valence-electron chi connectivity index (χ3n) is 5.21. The van der Waals surface area contributed by atoms with Crippen LogP contribution in [0.25, 0.3) is 0 Å². The number of hydrogen-bond donors (Lipinski definition) is 1. The number of hydrogen-bond acceptors (Lipinski definition) is 4. The summed E-state index contributed by atoms with van der Waals surface area (Å²) in [4.78, 5) is 2.56. The van der Waals surface area contributed by atoms with Gasteiger partial charge in [0.2, 0.25) is 0 Å². The van der Waals surface area contributed by atoms with Crippen molar-refractivity contribution in [3.8, 4) is 0 Å². The topological polar surface area (TPSA) is 41.9 Å². The van der Waals surface area contributed by atoms with Crippen molar-refractivity contribution in [3.63, 3.8) is 0 Å². The van der Waals surface area contributed by atoms with Crippen LogP contribution in [0.5, 0.6) is 0 Å². The Kier molecular flexibility index (Phi) is 4.13. The zero-order valence-electron chi connectivity index (χ0n) is 12.0. The molecule has 19 heavy (non-hydrogen) atoms. The molecule has 1 aliphatic carbocycles. The van der Waals surface area contributed by atoms with E-state index in [2.05, 4.69) is 11.8 Å². The van der Waals surface area contributed by atoms with Crippen molar-refractivity contribution in [3.05, 3.63) is 0 Å². The molecule has 2 aliphatic heterocycles. The summed E-state index contributed by atoms with van der Waals surface area (Å²) in [5.41, 5.74) is 0.176. The molecule has 3 atom stereocenters. The van der Waals surface area contributed by atoms with E-state index in [1.807, 2.05) is 0 Å². The third kappa shape index (κ3) is 2.82. The van der Waals surface area contributed by atoms with Crippen LogP contribution in [0.15, 0.2) is 0 Å². The minimum atomic E-state index is -0.00132. The van der Waals surface area contributed by atoms with Crippen LogP contribution in [-0.4, -0.2) is 60.2 Å². The summed E-state index contributed by atoms with van der Waals surface area (Å²) in [6.07, 6.45) is 7.44. The SMILES string of the molecule is CC1COC(CO)CN1C1CCOC2(CCCC2)C1. The zero-order valence-corrected chi connectivity index (χ0v) is 12.0. The molecule has 1 N–H and O–H groups in total. The zero-order chi connectivity index (χ0) is 13.3. The van der Waals surface area contributed by atoms with Gasteiger partial charge in [-0.1, -0.05) is 12.8 Å². The van der Waals surface area contributed by atoms with Gasteiger partial charge in [0.1, 0.15) is 0 Å². The van der Waals surface area contributed by atoms with E-state index in [1.54, 1.807) is 0 Å². The quantitative estimate of drug-likeness (QED) is 0.826. The molecule has 3 rings (SSSR count). The number of ether oxygens (including phenoxy) is 2. The second-order valence-electron chi connectivity index (χ2n) is 6.57. The van der Waals surface area contributed by atoms with Gasteiger partial charge in [-0.3, -0.25) is 4.90 Å². The molecule has 3 fully saturated rings. The van der Waals surface area contributed by atoms with Crippen LogP contribution in [0.4, 0.5) is 0 Å². The minimum absolute atomic E-state index is 0.00132. The van der Waals surface area contributed by atoms with Crippen molar-refractivity contribution in [2.45, 2.75) is 69.2 Å². The van der Waals surface area contributed by atoms with Crippen LogP contribution in [0.3, 0.4) is 0 Å². The van der Waals surface area contributed by atoms with E-state index in [1.165, 1.54) is 32.1 Å². The fourth-order valence-electron chi connectivity index (χ4n) is 4.11. The first-order valence-corrected chi connectivity index (χ1v) is 7.85. The van der Waals surface area contributed by atoms with E-state index in [0.717, 1.165) is 26.2 Å². The highest BCUT2D eigenvalue weighted by Crippen LogP contribution is 2.41. The van der Waals surface area contributed by atoms with E-state index in [9.17, 15) is 5.11 Å². The fourth-order valence-corrected chi connectivity index (χ4v) is 4.11. The Morgan fingerprint density at radius 1 is 1.32 bits per heavy atom.